The molecule has 178 valence electrons. The molecule has 0 saturated carbocycles. The highest BCUT2D eigenvalue weighted by Gasteiger charge is 2.50. The summed E-state index contributed by atoms with van der Waals surface area (Å²) in [7, 11) is 0. The topological polar surface area (TPSA) is 18.5 Å². The molecular formula is C34H32O2+2. The van der Waals surface area contributed by atoms with Gasteiger partial charge in [-0.05, 0) is 11.1 Å². The molecule has 6 rings (SSSR count). The number of rotatable bonds is 5. The van der Waals surface area contributed by atoms with Gasteiger partial charge in [0.15, 0.2) is 0 Å². The molecule has 0 amide bonds. The third-order valence-electron chi connectivity index (χ3n) is 7.59. The van der Waals surface area contributed by atoms with E-state index in [4.69, 9.17) is 9.47 Å². The van der Waals surface area contributed by atoms with E-state index in [2.05, 4.69) is 134 Å². The van der Waals surface area contributed by atoms with Crippen LogP contribution in [0.15, 0.2) is 121 Å². The van der Waals surface area contributed by atoms with Gasteiger partial charge in [-0.1, -0.05) is 121 Å². The Kier molecular flexibility index (Phi) is 6.80. The Hall–Kier alpha value is -3.46. The monoisotopic (exact) mass is 472 g/mol. The maximum Gasteiger partial charge on any atom is 0.224 e. The first-order chi connectivity index (χ1) is 17.8. The second kappa shape index (κ2) is 10.7. The zero-order valence-corrected chi connectivity index (χ0v) is 20.4. The fraction of sp³-hybridized carbons (Fsp3) is 0.235. The molecule has 4 aromatic rings. The van der Waals surface area contributed by atoms with E-state index >= 15 is 0 Å². The largest absolute Gasteiger partial charge is 0.325 e. The standard InChI is InChI=1S/C34H32O2/c1-5-13-25(14-6-1)31-21-29(22-32(35-31)26-15-7-2-8-16-26)30-23-33(27-17-9-3-10-18-27)36-34(24-30)28-19-11-4-12-20-28/h1-21,23,29-34H,22,24H2/q+2. The quantitative estimate of drug-likeness (QED) is 0.271. The molecule has 4 aromatic carbocycles. The van der Waals surface area contributed by atoms with Crippen LogP contribution in [0, 0.1) is 24.7 Å². The maximum atomic E-state index is 6.70. The smallest absolute Gasteiger partial charge is 0.224 e. The molecule has 0 spiro atoms. The molecule has 2 heteroatoms. The van der Waals surface area contributed by atoms with Crippen LogP contribution in [0.4, 0.5) is 0 Å². The number of ether oxygens (including phenoxy) is 2. The van der Waals surface area contributed by atoms with E-state index in [0.717, 1.165) is 12.8 Å². The molecule has 0 N–H and O–H groups in total. The molecule has 0 aliphatic carbocycles. The molecule has 6 unspecified atom stereocenters. The molecule has 0 radical (unpaired) electrons. The van der Waals surface area contributed by atoms with E-state index in [9.17, 15) is 0 Å². The molecule has 2 nitrogen and oxygen atoms in total. The van der Waals surface area contributed by atoms with Crippen LogP contribution in [0.5, 0.6) is 0 Å². The lowest BCUT2D eigenvalue weighted by Crippen LogP contribution is -2.34. The molecule has 0 bridgehead atoms. The first kappa shape index (κ1) is 23.0. The van der Waals surface area contributed by atoms with E-state index in [1.165, 1.54) is 22.3 Å². The van der Waals surface area contributed by atoms with Crippen molar-refractivity contribution in [2.75, 3.05) is 0 Å². The highest BCUT2D eigenvalue weighted by Crippen LogP contribution is 2.50. The highest BCUT2D eigenvalue weighted by atomic mass is 16.5. The van der Waals surface area contributed by atoms with Crippen LogP contribution in [0.2, 0.25) is 0 Å². The van der Waals surface area contributed by atoms with E-state index in [1.54, 1.807) is 0 Å². The van der Waals surface area contributed by atoms with Crippen LogP contribution in [-0.4, -0.2) is 0 Å². The van der Waals surface area contributed by atoms with Gasteiger partial charge in [-0.3, -0.25) is 0 Å². The average molecular weight is 473 g/mol. The lowest BCUT2D eigenvalue weighted by atomic mass is 9.72. The molecule has 36 heavy (non-hydrogen) atoms. The van der Waals surface area contributed by atoms with Gasteiger partial charge >= 0.3 is 0 Å². The summed E-state index contributed by atoms with van der Waals surface area (Å²) < 4.78 is 13.4. The van der Waals surface area contributed by atoms with Crippen LogP contribution in [-0.2, 0) is 9.47 Å². The van der Waals surface area contributed by atoms with Crippen LogP contribution < -0.4 is 0 Å². The van der Waals surface area contributed by atoms with Gasteiger partial charge in [-0.2, -0.15) is 0 Å². The Balaban J connectivity index is 1.32. The second-order valence-corrected chi connectivity index (χ2v) is 9.92. The van der Waals surface area contributed by atoms with Crippen molar-refractivity contribution in [2.24, 2.45) is 11.8 Å². The number of hydrogen-bond acceptors (Lipinski definition) is 2. The van der Waals surface area contributed by atoms with Gasteiger partial charge in [0, 0.05) is 24.0 Å². The van der Waals surface area contributed by atoms with Crippen LogP contribution in [0.3, 0.4) is 0 Å². The summed E-state index contributed by atoms with van der Waals surface area (Å²) in [5, 5.41) is 0. The zero-order valence-electron chi connectivity index (χ0n) is 20.4. The third kappa shape index (κ3) is 5.06. The van der Waals surface area contributed by atoms with Crippen molar-refractivity contribution in [1.82, 2.24) is 0 Å². The second-order valence-electron chi connectivity index (χ2n) is 9.92. The molecule has 2 fully saturated rings. The normalized spacial score (nSPS) is 28.0. The molecule has 6 atom stereocenters. The summed E-state index contributed by atoms with van der Waals surface area (Å²) in [6.07, 6.45) is 6.90. The molecule has 2 aliphatic rings. The van der Waals surface area contributed by atoms with Gasteiger partial charge < -0.3 is 9.47 Å². The Morgan fingerprint density at radius 1 is 0.417 bits per heavy atom. The van der Waals surface area contributed by atoms with E-state index in [1.807, 2.05) is 0 Å². The number of benzene rings is 4. The average Bonchev–Trinajstić information content (AvgIpc) is 2.98. The first-order valence-corrected chi connectivity index (χ1v) is 13.0. The van der Waals surface area contributed by atoms with Crippen molar-refractivity contribution in [1.29, 1.82) is 0 Å². The summed E-state index contributed by atoms with van der Waals surface area (Å²) in [6.45, 7) is 0. The van der Waals surface area contributed by atoms with Crippen molar-refractivity contribution in [3.8, 4) is 0 Å². The van der Waals surface area contributed by atoms with E-state index < -0.39 is 0 Å². The van der Waals surface area contributed by atoms with Gasteiger partial charge in [-0.25, -0.2) is 0 Å². The van der Waals surface area contributed by atoms with Crippen molar-refractivity contribution in [3.05, 3.63) is 156 Å². The minimum absolute atomic E-state index is 0.0308. The Bertz CT molecular complexity index is 1020. The maximum absolute atomic E-state index is 6.70. The first-order valence-electron chi connectivity index (χ1n) is 13.0. The molecule has 2 saturated heterocycles. The van der Waals surface area contributed by atoms with Gasteiger partial charge in [-0.15, -0.1) is 0 Å². The summed E-state index contributed by atoms with van der Waals surface area (Å²) >= 11 is 0. The lowest BCUT2D eigenvalue weighted by molar-refractivity contribution is -0.0801. The zero-order chi connectivity index (χ0) is 24.2. The Labute approximate surface area is 214 Å². The third-order valence-corrected chi connectivity index (χ3v) is 7.59. The Morgan fingerprint density at radius 3 is 1.06 bits per heavy atom. The summed E-state index contributed by atoms with van der Waals surface area (Å²) in [5.41, 5.74) is 4.94. The van der Waals surface area contributed by atoms with Crippen molar-refractivity contribution < 1.29 is 9.47 Å². The fourth-order valence-electron chi connectivity index (χ4n) is 5.72. The van der Waals surface area contributed by atoms with Crippen LogP contribution in [0.1, 0.15) is 59.5 Å². The van der Waals surface area contributed by atoms with Gasteiger partial charge in [0.25, 0.3) is 0 Å². The van der Waals surface area contributed by atoms with Crippen LogP contribution in [0.25, 0.3) is 0 Å². The van der Waals surface area contributed by atoms with Gasteiger partial charge in [0.05, 0.1) is 12.2 Å². The van der Waals surface area contributed by atoms with Gasteiger partial charge in [0.2, 0.25) is 12.2 Å². The van der Waals surface area contributed by atoms with Gasteiger partial charge in [0.1, 0.15) is 24.7 Å². The predicted octanol–water partition coefficient (Wildman–Crippen LogP) is 8.43. The van der Waals surface area contributed by atoms with Crippen molar-refractivity contribution in [3.63, 3.8) is 0 Å². The SMILES string of the molecule is c1ccc(C2[CH+]C(C3[CH+]C(c4ccccc4)OC(c4ccccc4)C3)CC(c3ccccc3)O2)cc1. The molecule has 2 heterocycles. The molecule has 0 aromatic heterocycles. The molecule has 2 aliphatic heterocycles. The van der Waals surface area contributed by atoms with E-state index in [0.29, 0.717) is 11.8 Å². The fourth-order valence-corrected chi connectivity index (χ4v) is 5.72. The predicted molar refractivity (Wildman–Crippen MR) is 144 cm³/mol. The number of hydrogen-bond donors (Lipinski definition) is 0. The van der Waals surface area contributed by atoms with Crippen molar-refractivity contribution >= 4 is 0 Å². The molecular weight excluding hydrogens is 440 g/mol. The minimum atomic E-state index is -0.0308. The summed E-state index contributed by atoms with van der Waals surface area (Å²) in [5.74, 6) is 0.769. The van der Waals surface area contributed by atoms with E-state index in [-0.39, 0.29) is 24.4 Å². The lowest BCUT2D eigenvalue weighted by Gasteiger charge is -2.35. The van der Waals surface area contributed by atoms with Crippen molar-refractivity contribution in [2.45, 2.75) is 37.3 Å². The summed E-state index contributed by atoms with van der Waals surface area (Å²) in [4.78, 5) is 0. The van der Waals surface area contributed by atoms with Crippen LogP contribution >= 0.6 is 0 Å². The minimum Gasteiger partial charge on any atom is -0.325 e. The highest BCUT2D eigenvalue weighted by molar-refractivity contribution is 5.28. The Morgan fingerprint density at radius 2 is 0.722 bits per heavy atom. The summed E-state index contributed by atoms with van der Waals surface area (Å²) in [6, 6.07) is 42.7.